The average Bonchev–Trinajstić information content (AvgIpc) is 3.38. The van der Waals surface area contributed by atoms with Crippen LogP contribution < -0.4 is 10.6 Å². The largest absolute Gasteiger partial charge is 0.354 e. The summed E-state index contributed by atoms with van der Waals surface area (Å²) >= 11 is 0. The standard InChI is InChI=1S/C13H16F3N.C12H19N3.C6H12/c1-4-8(3)12(5-2)17-13-10(15)6-9(14)7-11(13)16;1-9-8-13-12(14-10(9)2)15-11-6-4-3-5-7-11;1-6-4-2-3-5-6/h5-8,17H,4H2,1-3H3;8,11H,3-7H2,1-2H3,(H,13,14,15);6H,2-5H2,1H3/b12-5+;;. The Kier molecular flexibility index (Phi) is 13.7. The highest BCUT2D eigenvalue weighted by Crippen LogP contribution is 2.25. The van der Waals surface area contributed by atoms with Crippen LogP contribution in [-0.4, -0.2) is 16.0 Å². The molecule has 1 atom stereocenters. The first-order chi connectivity index (χ1) is 18.1. The van der Waals surface area contributed by atoms with Crippen LogP contribution in [-0.2, 0) is 0 Å². The van der Waals surface area contributed by atoms with E-state index >= 15 is 0 Å². The molecule has 0 amide bonds. The molecule has 0 spiro atoms. The second kappa shape index (κ2) is 16.4. The van der Waals surface area contributed by atoms with Crippen LogP contribution in [0.4, 0.5) is 24.8 Å². The Labute approximate surface area is 227 Å². The molecule has 7 heteroatoms. The number of aryl methyl sites for hydroxylation is 2. The van der Waals surface area contributed by atoms with Crippen LogP contribution >= 0.6 is 0 Å². The molecule has 2 aromatic rings. The lowest BCUT2D eigenvalue weighted by Crippen LogP contribution is -2.23. The Morgan fingerprint density at radius 1 is 1.00 bits per heavy atom. The summed E-state index contributed by atoms with van der Waals surface area (Å²) in [5, 5.41) is 6.11. The summed E-state index contributed by atoms with van der Waals surface area (Å²) in [5.41, 5.74) is 2.64. The first-order valence-corrected chi connectivity index (χ1v) is 14.3. The molecule has 212 valence electrons. The minimum atomic E-state index is -0.926. The van der Waals surface area contributed by atoms with E-state index in [0.717, 1.165) is 35.2 Å². The molecule has 0 bridgehead atoms. The van der Waals surface area contributed by atoms with E-state index in [1.165, 1.54) is 57.8 Å². The van der Waals surface area contributed by atoms with Crippen LogP contribution in [0.5, 0.6) is 0 Å². The monoisotopic (exact) mass is 532 g/mol. The van der Waals surface area contributed by atoms with Gasteiger partial charge in [0.2, 0.25) is 5.95 Å². The van der Waals surface area contributed by atoms with Crippen molar-refractivity contribution in [3.05, 3.63) is 58.8 Å². The van der Waals surface area contributed by atoms with Gasteiger partial charge in [0.25, 0.3) is 0 Å². The van der Waals surface area contributed by atoms with Crippen LogP contribution in [0.15, 0.2) is 30.1 Å². The summed E-state index contributed by atoms with van der Waals surface area (Å²) in [5.74, 6) is -0.773. The number of allylic oxidation sites excluding steroid dienone is 2. The number of halogens is 3. The predicted molar refractivity (Wildman–Crippen MR) is 153 cm³/mol. The molecular formula is C31H47F3N4. The first kappa shape index (κ1) is 31.6. The van der Waals surface area contributed by atoms with Crippen molar-refractivity contribution in [3.8, 4) is 0 Å². The molecular weight excluding hydrogens is 485 g/mol. The van der Waals surface area contributed by atoms with Crippen molar-refractivity contribution in [2.45, 2.75) is 112 Å². The summed E-state index contributed by atoms with van der Waals surface area (Å²) in [6.45, 7) is 12.1. The fourth-order valence-corrected chi connectivity index (χ4v) is 4.66. The molecule has 1 aromatic heterocycles. The molecule has 1 heterocycles. The van der Waals surface area contributed by atoms with Crippen molar-refractivity contribution in [1.82, 2.24) is 9.97 Å². The molecule has 0 aliphatic heterocycles. The van der Waals surface area contributed by atoms with E-state index < -0.39 is 17.5 Å². The van der Waals surface area contributed by atoms with E-state index in [1.807, 2.05) is 33.9 Å². The molecule has 2 fully saturated rings. The van der Waals surface area contributed by atoms with E-state index in [-0.39, 0.29) is 11.6 Å². The Morgan fingerprint density at radius 3 is 2.05 bits per heavy atom. The summed E-state index contributed by atoms with van der Waals surface area (Å²) in [7, 11) is 0. The first-order valence-electron chi connectivity index (χ1n) is 14.3. The lowest BCUT2D eigenvalue weighted by atomic mass is 9.96. The highest BCUT2D eigenvalue weighted by atomic mass is 19.1. The molecule has 2 N–H and O–H groups in total. The van der Waals surface area contributed by atoms with E-state index in [0.29, 0.717) is 18.2 Å². The van der Waals surface area contributed by atoms with E-state index in [2.05, 4.69) is 27.5 Å². The number of nitrogens with one attached hydrogen (secondary N) is 2. The Bertz CT molecular complexity index is 989. The highest BCUT2D eigenvalue weighted by molar-refractivity contribution is 5.51. The van der Waals surface area contributed by atoms with Crippen LogP contribution in [0.25, 0.3) is 0 Å². The molecule has 0 radical (unpaired) electrons. The topological polar surface area (TPSA) is 49.8 Å². The SMILES string of the molecule is C/C=C(/Nc1c(F)cc(F)cc1F)C(C)CC.CC1CCCC1.Cc1cnc(NC2CCCCC2)nc1C. The third kappa shape index (κ3) is 10.7. The maximum absolute atomic E-state index is 13.4. The second-order valence-corrected chi connectivity index (χ2v) is 10.8. The Morgan fingerprint density at radius 2 is 1.58 bits per heavy atom. The molecule has 0 saturated heterocycles. The van der Waals surface area contributed by atoms with E-state index in [4.69, 9.17) is 0 Å². The molecule has 2 saturated carbocycles. The fraction of sp³-hybridized carbons (Fsp3) is 0.613. The van der Waals surface area contributed by atoms with Crippen LogP contribution in [0.1, 0.15) is 103 Å². The van der Waals surface area contributed by atoms with Gasteiger partial charge >= 0.3 is 0 Å². The number of aromatic nitrogens is 2. The molecule has 4 nitrogen and oxygen atoms in total. The number of benzene rings is 1. The molecule has 2 aliphatic carbocycles. The summed E-state index contributed by atoms with van der Waals surface area (Å²) in [6, 6.07) is 1.91. The van der Waals surface area contributed by atoms with Gasteiger partial charge in [-0.05, 0) is 57.4 Å². The van der Waals surface area contributed by atoms with Crippen molar-refractivity contribution < 1.29 is 13.2 Å². The summed E-state index contributed by atoms with van der Waals surface area (Å²) in [4.78, 5) is 8.76. The third-order valence-corrected chi connectivity index (χ3v) is 7.54. The maximum Gasteiger partial charge on any atom is 0.223 e. The lowest BCUT2D eigenvalue weighted by Gasteiger charge is -2.22. The van der Waals surface area contributed by atoms with E-state index in [9.17, 15) is 13.2 Å². The molecule has 38 heavy (non-hydrogen) atoms. The molecule has 2 aliphatic rings. The highest BCUT2D eigenvalue weighted by Gasteiger charge is 2.15. The van der Waals surface area contributed by atoms with Crippen molar-refractivity contribution in [2.75, 3.05) is 10.6 Å². The zero-order chi connectivity index (χ0) is 28.1. The number of anilines is 2. The van der Waals surface area contributed by atoms with Gasteiger partial charge in [-0.1, -0.05) is 71.8 Å². The van der Waals surface area contributed by atoms with Gasteiger partial charge in [0, 0.05) is 35.8 Å². The van der Waals surface area contributed by atoms with Gasteiger partial charge in [-0.15, -0.1) is 0 Å². The minimum Gasteiger partial charge on any atom is -0.354 e. The maximum atomic E-state index is 13.4. The predicted octanol–water partition coefficient (Wildman–Crippen LogP) is 9.50. The quantitative estimate of drug-likeness (QED) is 0.389. The molecule has 1 aromatic carbocycles. The molecule has 1 unspecified atom stereocenters. The zero-order valence-electron chi connectivity index (χ0n) is 24.1. The third-order valence-electron chi connectivity index (χ3n) is 7.54. The van der Waals surface area contributed by atoms with Gasteiger partial charge in [0.05, 0.1) is 0 Å². The van der Waals surface area contributed by atoms with Gasteiger partial charge in [-0.2, -0.15) is 0 Å². The number of hydrogen-bond donors (Lipinski definition) is 2. The Balaban J connectivity index is 0.000000220. The Hall–Kier alpha value is -2.57. The van der Waals surface area contributed by atoms with Crippen LogP contribution in [0.2, 0.25) is 0 Å². The van der Waals surface area contributed by atoms with Gasteiger partial charge in [0.1, 0.15) is 11.5 Å². The fourth-order valence-electron chi connectivity index (χ4n) is 4.66. The lowest BCUT2D eigenvalue weighted by molar-refractivity contribution is 0.460. The number of hydrogen-bond acceptors (Lipinski definition) is 4. The van der Waals surface area contributed by atoms with Crippen molar-refractivity contribution in [1.29, 1.82) is 0 Å². The smallest absolute Gasteiger partial charge is 0.223 e. The average molecular weight is 533 g/mol. The second-order valence-electron chi connectivity index (χ2n) is 10.8. The zero-order valence-corrected chi connectivity index (χ0v) is 24.1. The summed E-state index contributed by atoms with van der Waals surface area (Å²) in [6.07, 6.45) is 17.0. The van der Waals surface area contributed by atoms with Gasteiger partial charge in [0.15, 0.2) is 11.6 Å². The van der Waals surface area contributed by atoms with Gasteiger partial charge in [-0.25, -0.2) is 23.1 Å². The van der Waals surface area contributed by atoms with Crippen LogP contribution in [0, 0.1) is 43.1 Å². The van der Waals surface area contributed by atoms with E-state index in [1.54, 1.807) is 13.0 Å². The number of nitrogens with zero attached hydrogens (tertiary/aromatic N) is 2. The van der Waals surface area contributed by atoms with Crippen molar-refractivity contribution >= 4 is 11.6 Å². The van der Waals surface area contributed by atoms with Gasteiger partial charge in [-0.3, -0.25) is 0 Å². The number of rotatable bonds is 6. The normalized spacial score (nSPS) is 17.1. The van der Waals surface area contributed by atoms with Crippen molar-refractivity contribution in [2.24, 2.45) is 11.8 Å². The molecule has 4 rings (SSSR count). The minimum absolute atomic E-state index is 0.156. The van der Waals surface area contributed by atoms with Crippen LogP contribution in [0.3, 0.4) is 0 Å². The van der Waals surface area contributed by atoms with Gasteiger partial charge < -0.3 is 10.6 Å². The summed E-state index contributed by atoms with van der Waals surface area (Å²) < 4.78 is 39.5. The van der Waals surface area contributed by atoms with Crippen molar-refractivity contribution in [3.63, 3.8) is 0 Å².